The fourth-order valence-corrected chi connectivity index (χ4v) is 2.33. The van der Waals surface area contributed by atoms with Crippen LogP contribution in [0.25, 0.3) is 11.0 Å². The molecule has 2 rings (SSSR count). The number of benzene rings is 1. The summed E-state index contributed by atoms with van der Waals surface area (Å²) < 4.78 is 5.25. The average molecular weight is 305 g/mol. The Balaban J connectivity index is 2.50. The van der Waals surface area contributed by atoms with E-state index in [1.54, 1.807) is 6.07 Å². The van der Waals surface area contributed by atoms with Crippen LogP contribution in [0, 0.1) is 0 Å². The van der Waals surface area contributed by atoms with Gasteiger partial charge in [-0.05, 0) is 31.0 Å². The first-order chi connectivity index (χ1) is 10.4. The third kappa shape index (κ3) is 3.28. The van der Waals surface area contributed by atoms with E-state index < -0.39 is 17.6 Å². The molecule has 0 saturated heterocycles. The topological polar surface area (TPSA) is 99.8 Å². The number of aromatic hydroxyl groups is 1. The van der Waals surface area contributed by atoms with Crippen LogP contribution in [-0.2, 0) is 17.8 Å². The summed E-state index contributed by atoms with van der Waals surface area (Å²) in [5, 5.41) is 22.5. The number of phenolic OH excluding ortho intramolecular Hbond substituents is 1. The Morgan fingerprint density at radius 1 is 1.41 bits per heavy atom. The molecule has 0 unspecified atom stereocenters. The second-order valence-electron chi connectivity index (χ2n) is 5.22. The molecule has 1 aromatic heterocycles. The van der Waals surface area contributed by atoms with Gasteiger partial charge in [0.05, 0.1) is 5.56 Å². The lowest BCUT2D eigenvalue weighted by Gasteiger charge is -2.13. The molecule has 0 amide bonds. The second-order valence-corrected chi connectivity index (χ2v) is 5.22. The lowest BCUT2D eigenvalue weighted by Crippen LogP contribution is -2.33. The molecular weight excluding hydrogens is 286 g/mol. The molecule has 0 aliphatic heterocycles. The minimum absolute atomic E-state index is 0.0330. The summed E-state index contributed by atoms with van der Waals surface area (Å²) in [6, 6.07) is 3.92. The van der Waals surface area contributed by atoms with Crippen LogP contribution < -0.4 is 10.9 Å². The van der Waals surface area contributed by atoms with Crippen LogP contribution in [0.4, 0.5) is 0 Å². The lowest BCUT2D eigenvalue weighted by atomic mass is 10.0. The molecule has 0 fully saturated rings. The van der Waals surface area contributed by atoms with Gasteiger partial charge in [0.15, 0.2) is 0 Å². The van der Waals surface area contributed by atoms with Crippen molar-refractivity contribution in [2.24, 2.45) is 0 Å². The quantitative estimate of drug-likeness (QED) is 0.706. The highest BCUT2D eigenvalue weighted by Gasteiger charge is 2.16. The summed E-state index contributed by atoms with van der Waals surface area (Å²) in [4.78, 5) is 22.6. The Labute approximate surface area is 127 Å². The van der Waals surface area contributed by atoms with E-state index in [2.05, 4.69) is 5.32 Å². The highest BCUT2D eigenvalue weighted by Crippen LogP contribution is 2.28. The van der Waals surface area contributed by atoms with Crippen molar-refractivity contribution in [2.75, 3.05) is 0 Å². The largest absolute Gasteiger partial charge is 0.507 e. The highest BCUT2D eigenvalue weighted by atomic mass is 16.4. The maximum absolute atomic E-state index is 11.7. The van der Waals surface area contributed by atoms with Gasteiger partial charge in [-0.3, -0.25) is 4.79 Å². The van der Waals surface area contributed by atoms with Crippen molar-refractivity contribution in [1.29, 1.82) is 0 Å². The molecule has 2 aromatic rings. The van der Waals surface area contributed by atoms with Crippen molar-refractivity contribution in [2.45, 2.75) is 39.3 Å². The van der Waals surface area contributed by atoms with Crippen LogP contribution in [0.5, 0.6) is 5.75 Å². The van der Waals surface area contributed by atoms with Gasteiger partial charge in [0.25, 0.3) is 0 Å². The number of nitrogens with one attached hydrogen (secondary N) is 1. The van der Waals surface area contributed by atoms with E-state index in [4.69, 9.17) is 9.52 Å². The molecule has 0 radical (unpaired) electrons. The normalized spacial score (nSPS) is 12.5. The molecule has 1 aromatic carbocycles. The van der Waals surface area contributed by atoms with Crippen molar-refractivity contribution in [3.05, 3.63) is 39.7 Å². The van der Waals surface area contributed by atoms with Crippen molar-refractivity contribution < 1.29 is 19.4 Å². The minimum atomic E-state index is -0.993. The summed E-state index contributed by atoms with van der Waals surface area (Å²) in [6.07, 6.45) is 1.61. The molecule has 22 heavy (non-hydrogen) atoms. The lowest BCUT2D eigenvalue weighted by molar-refractivity contribution is -0.139. The Bertz CT molecular complexity index is 750. The van der Waals surface area contributed by atoms with E-state index in [-0.39, 0.29) is 12.3 Å². The molecule has 0 aliphatic rings. The minimum Gasteiger partial charge on any atom is -0.507 e. The van der Waals surface area contributed by atoms with Gasteiger partial charge in [0.1, 0.15) is 17.4 Å². The van der Waals surface area contributed by atoms with E-state index in [1.165, 1.54) is 19.1 Å². The monoisotopic (exact) mass is 305 g/mol. The van der Waals surface area contributed by atoms with Crippen LogP contribution in [0.2, 0.25) is 0 Å². The second kappa shape index (κ2) is 6.62. The molecule has 1 heterocycles. The van der Waals surface area contributed by atoms with Crippen molar-refractivity contribution in [3.8, 4) is 5.75 Å². The van der Waals surface area contributed by atoms with Gasteiger partial charge in [0.2, 0.25) is 0 Å². The summed E-state index contributed by atoms with van der Waals surface area (Å²) in [5.41, 5.74) is 1.08. The molecule has 118 valence electrons. The molecule has 0 aliphatic carbocycles. The van der Waals surface area contributed by atoms with Gasteiger partial charge in [-0.2, -0.15) is 0 Å². The zero-order valence-corrected chi connectivity index (χ0v) is 12.5. The SMILES string of the molecule is CCCc1cc(=O)oc2c(CN[C@@H](C)C(=O)O)c(O)ccc12. The fraction of sp³-hybridized carbons (Fsp3) is 0.375. The summed E-state index contributed by atoms with van der Waals surface area (Å²) in [7, 11) is 0. The molecule has 6 heteroatoms. The molecule has 0 spiro atoms. The molecule has 6 nitrogen and oxygen atoms in total. The van der Waals surface area contributed by atoms with Crippen molar-refractivity contribution in [3.63, 3.8) is 0 Å². The van der Waals surface area contributed by atoms with Gasteiger partial charge in [-0.15, -0.1) is 0 Å². The Kier molecular flexibility index (Phi) is 4.82. The van der Waals surface area contributed by atoms with Crippen LogP contribution in [-0.4, -0.2) is 22.2 Å². The van der Waals surface area contributed by atoms with Crippen LogP contribution in [0.15, 0.2) is 27.4 Å². The number of hydrogen-bond acceptors (Lipinski definition) is 5. The summed E-state index contributed by atoms with van der Waals surface area (Å²) in [5.74, 6) is -1.03. The van der Waals surface area contributed by atoms with Crippen LogP contribution in [0.3, 0.4) is 0 Å². The van der Waals surface area contributed by atoms with E-state index in [0.717, 1.165) is 23.8 Å². The smallest absolute Gasteiger partial charge is 0.336 e. The number of carboxylic acid groups (broad SMARTS) is 1. The average Bonchev–Trinajstić information content (AvgIpc) is 2.45. The number of hydrogen-bond donors (Lipinski definition) is 3. The predicted octanol–water partition coefficient (Wildman–Crippen LogP) is 2.01. The maximum Gasteiger partial charge on any atom is 0.336 e. The zero-order chi connectivity index (χ0) is 16.3. The Morgan fingerprint density at radius 2 is 2.14 bits per heavy atom. The first-order valence-electron chi connectivity index (χ1n) is 7.17. The number of phenols is 1. The van der Waals surface area contributed by atoms with E-state index in [1.807, 2.05) is 6.92 Å². The first-order valence-corrected chi connectivity index (χ1v) is 7.17. The van der Waals surface area contributed by atoms with E-state index in [9.17, 15) is 14.7 Å². The number of aryl methyl sites for hydroxylation is 1. The molecule has 1 atom stereocenters. The van der Waals surface area contributed by atoms with E-state index in [0.29, 0.717) is 11.1 Å². The standard InChI is InChI=1S/C16H19NO5/c1-3-4-10-7-14(19)22-15-11(10)5-6-13(18)12(15)8-17-9(2)16(20)21/h5-7,9,17-18H,3-4,8H2,1-2H3,(H,20,21)/t9-/m0/s1. The van der Waals surface area contributed by atoms with Crippen LogP contribution >= 0.6 is 0 Å². The van der Waals surface area contributed by atoms with Crippen molar-refractivity contribution >= 4 is 16.9 Å². The Hall–Kier alpha value is -2.34. The van der Waals surface area contributed by atoms with Crippen LogP contribution in [0.1, 0.15) is 31.4 Å². The predicted molar refractivity (Wildman–Crippen MR) is 82.1 cm³/mol. The summed E-state index contributed by atoms with van der Waals surface area (Å²) in [6.45, 7) is 3.61. The third-order valence-corrected chi connectivity index (χ3v) is 3.55. The number of carboxylic acids is 1. The van der Waals surface area contributed by atoms with Gasteiger partial charge < -0.3 is 19.9 Å². The number of rotatable bonds is 6. The number of aliphatic carboxylic acids is 1. The highest BCUT2D eigenvalue weighted by molar-refractivity contribution is 5.85. The number of carbonyl (C=O) groups is 1. The molecule has 0 bridgehead atoms. The summed E-state index contributed by atoms with van der Waals surface area (Å²) >= 11 is 0. The van der Waals surface area contributed by atoms with Gasteiger partial charge >= 0.3 is 11.6 Å². The fourth-order valence-electron chi connectivity index (χ4n) is 2.33. The first kappa shape index (κ1) is 16.0. The Morgan fingerprint density at radius 3 is 2.77 bits per heavy atom. The molecule has 3 N–H and O–H groups in total. The maximum atomic E-state index is 11.7. The number of fused-ring (bicyclic) bond motifs is 1. The van der Waals surface area contributed by atoms with Crippen molar-refractivity contribution in [1.82, 2.24) is 5.32 Å². The third-order valence-electron chi connectivity index (χ3n) is 3.55. The van der Waals surface area contributed by atoms with Gasteiger partial charge in [-0.25, -0.2) is 4.79 Å². The van der Waals surface area contributed by atoms with E-state index >= 15 is 0 Å². The van der Waals surface area contributed by atoms with Gasteiger partial charge in [0, 0.05) is 18.0 Å². The van der Waals surface area contributed by atoms with Gasteiger partial charge in [-0.1, -0.05) is 13.3 Å². The molecule has 0 saturated carbocycles. The molecular formula is C16H19NO5. The zero-order valence-electron chi connectivity index (χ0n) is 12.5.